The fourth-order valence-corrected chi connectivity index (χ4v) is 4.35. The maximum absolute atomic E-state index is 13.0. The van der Waals surface area contributed by atoms with Crippen molar-refractivity contribution in [3.63, 3.8) is 0 Å². The summed E-state index contributed by atoms with van der Waals surface area (Å²) in [6, 6.07) is 12.5. The zero-order valence-corrected chi connectivity index (χ0v) is 20.8. The second kappa shape index (κ2) is 10.1. The molecule has 0 atom stereocenters. The lowest BCUT2D eigenvalue weighted by Crippen LogP contribution is -2.15. The first-order chi connectivity index (χ1) is 17.5. The molecule has 1 amide bonds. The van der Waals surface area contributed by atoms with Crippen molar-refractivity contribution < 1.29 is 18.0 Å². The number of hydrogen-bond donors (Lipinski definition) is 3. The van der Waals surface area contributed by atoms with Gasteiger partial charge in [-0.3, -0.25) is 14.6 Å². The van der Waals surface area contributed by atoms with Crippen LogP contribution in [0.5, 0.6) is 0 Å². The van der Waals surface area contributed by atoms with E-state index < -0.39 is 17.8 Å². The van der Waals surface area contributed by atoms with Crippen molar-refractivity contribution >= 4 is 28.9 Å². The fourth-order valence-electron chi connectivity index (χ4n) is 4.10. The van der Waals surface area contributed by atoms with E-state index in [0.29, 0.717) is 11.1 Å². The van der Waals surface area contributed by atoms with Crippen LogP contribution in [0, 0.1) is 13.8 Å². The van der Waals surface area contributed by atoms with Gasteiger partial charge in [0, 0.05) is 42.4 Å². The minimum Gasteiger partial charge on any atom is -0.388 e. The summed E-state index contributed by atoms with van der Waals surface area (Å²) in [6.45, 7) is 3.75. The molecule has 2 aromatic carbocycles. The van der Waals surface area contributed by atoms with Gasteiger partial charge in [0.1, 0.15) is 5.69 Å². The Morgan fingerprint density at radius 3 is 2.46 bits per heavy atom. The third-order valence-corrected chi connectivity index (χ3v) is 6.09. The Bertz CT molecular complexity index is 1560. The molecule has 0 unspecified atom stereocenters. The molecule has 37 heavy (non-hydrogen) atoms. The molecular formula is C27H22ClF3N4O2. The van der Waals surface area contributed by atoms with Crippen LogP contribution in [0.4, 0.5) is 24.5 Å². The second-order valence-electron chi connectivity index (χ2n) is 8.46. The van der Waals surface area contributed by atoms with Gasteiger partial charge in [-0.15, -0.1) is 0 Å². The lowest BCUT2D eigenvalue weighted by atomic mass is 9.89. The maximum Gasteiger partial charge on any atom is 0.433 e. The predicted molar refractivity (Wildman–Crippen MR) is 139 cm³/mol. The quantitative estimate of drug-likeness (QED) is 0.270. The van der Waals surface area contributed by atoms with Gasteiger partial charge in [0.05, 0.1) is 10.6 Å². The van der Waals surface area contributed by atoms with Crippen molar-refractivity contribution in [2.75, 3.05) is 17.7 Å². The molecule has 4 aromatic rings. The van der Waals surface area contributed by atoms with Crippen molar-refractivity contribution in [2.45, 2.75) is 20.0 Å². The van der Waals surface area contributed by atoms with Crippen LogP contribution in [-0.4, -0.2) is 22.9 Å². The van der Waals surface area contributed by atoms with Gasteiger partial charge in [-0.05, 0) is 78.1 Å². The molecule has 4 rings (SSSR count). The van der Waals surface area contributed by atoms with Crippen molar-refractivity contribution in [3.05, 3.63) is 98.7 Å². The number of H-pyrrole nitrogens is 1. The van der Waals surface area contributed by atoms with Gasteiger partial charge in [-0.2, -0.15) is 13.2 Å². The summed E-state index contributed by atoms with van der Waals surface area (Å²) in [5.41, 5.74) is 4.16. The Kier molecular flexibility index (Phi) is 7.09. The second-order valence-corrected chi connectivity index (χ2v) is 8.86. The number of benzene rings is 2. The highest BCUT2D eigenvalue weighted by Crippen LogP contribution is 2.41. The third kappa shape index (κ3) is 5.51. The van der Waals surface area contributed by atoms with Gasteiger partial charge in [0.15, 0.2) is 0 Å². The molecule has 2 aromatic heterocycles. The molecule has 0 aliphatic carbocycles. The Morgan fingerprint density at radius 2 is 1.78 bits per heavy atom. The van der Waals surface area contributed by atoms with E-state index in [1.807, 2.05) is 19.1 Å². The van der Waals surface area contributed by atoms with Gasteiger partial charge >= 0.3 is 6.18 Å². The van der Waals surface area contributed by atoms with Gasteiger partial charge in [0.25, 0.3) is 5.91 Å². The number of pyridine rings is 2. The largest absolute Gasteiger partial charge is 0.433 e. The van der Waals surface area contributed by atoms with Crippen LogP contribution in [0.15, 0.2) is 65.7 Å². The van der Waals surface area contributed by atoms with Gasteiger partial charge < -0.3 is 15.6 Å². The fraction of sp³-hybridized carbons (Fsp3) is 0.148. The van der Waals surface area contributed by atoms with E-state index in [2.05, 4.69) is 20.6 Å². The van der Waals surface area contributed by atoms with E-state index in [-0.39, 0.29) is 21.8 Å². The molecule has 0 radical (unpaired) electrons. The molecule has 2 heterocycles. The summed E-state index contributed by atoms with van der Waals surface area (Å²) >= 11 is 6.54. The van der Waals surface area contributed by atoms with Crippen LogP contribution < -0.4 is 16.2 Å². The lowest BCUT2D eigenvalue weighted by molar-refractivity contribution is -0.141. The van der Waals surface area contributed by atoms with E-state index in [0.717, 1.165) is 40.2 Å². The Balaban J connectivity index is 1.79. The van der Waals surface area contributed by atoms with Crippen LogP contribution in [-0.2, 0) is 6.18 Å². The first-order valence-electron chi connectivity index (χ1n) is 11.1. The Morgan fingerprint density at radius 1 is 1.03 bits per heavy atom. The van der Waals surface area contributed by atoms with Crippen LogP contribution in [0.1, 0.15) is 27.2 Å². The minimum atomic E-state index is -4.64. The third-order valence-electron chi connectivity index (χ3n) is 5.77. The van der Waals surface area contributed by atoms with Crippen LogP contribution in [0.2, 0.25) is 5.02 Å². The van der Waals surface area contributed by atoms with E-state index in [9.17, 15) is 22.8 Å². The number of aryl methyl sites for hydroxylation is 2. The Labute approximate surface area is 215 Å². The molecule has 0 saturated carbocycles. The molecule has 0 saturated heterocycles. The highest BCUT2D eigenvalue weighted by Gasteiger charge is 2.32. The number of aromatic amines is 1. The average Bonchev–Trinajstić information content (AvgIpc) is 2.84. The van der Waals surface area contributed by atoms with E-state index in [1.54, 1.807) is 38.4 Å². The number of nitrogens with one attached hydrogen (secondary N) is 3. The number of nitrogens with zero attached hydrogens (tertiary/aromatic N) is 1. The molecule has 0 spiro atoms. The first kappa shape index (κ1) is 26.0. The predicted octanol–water partition coefficient (Wildman–Crippen LogP) is 6.69. The maximum atomic E-state index is 13.0. The van der Waals surface area contributed by atoms with E-state index in [4.69, 9.17) is 11.6 Å². The smallest absolute Gasteiger partial charge is 0.388 e. The summed E-state index contributed by atoms with van der Waals surface area (Å²) in [5.74, 6) is -0.661. The summed E-state index contributed by atoms with van der Waals surface area (Å²) in [5, 5.41) is 5.76. The molecule has 0 aliphatic rings. The minimum absolute atomic E-state index is 0.0577. The molecule has 10 heteroatoms. The summed E-state index contributed by atoms with van der Waals surface area (Å²) in [6.07, 6.45) is -2.10. The van der Waals surface area contributed by atoms with Gasteiger partial charge in [0.2, 0.25) is 5.56 Å². The van der Waals surface area contributed by atoms with Gasteiger partial charge in [-0.1, -0.05) is 17.7 Å². The number of carbonyl (C=O) groups is 1. The molecule has 0 aliphatic heterocycles. The monoisotopic (exact) mass is 526 g/mol. The van der Waals surface area contributed by atoms with Crippen molar-refractivity contribution in [3.8, 4) is 22.3 Å². The number of rotatable bonds is 5. The number of hydrogen-bond acceptors (Lipinski definition) is 4. The van der Waals surface area contributed by atoms with E-state index >= 15 is 0 Å². The number of halogens is 4. The van der Waals surface area contributed by atoms with Crippen LogP contribution in [0.25, 0.3) is 22.3 Å². The van der Waals surface area contributed by atoms with Crippen molar-refractivity contribution in [2.24, 2.45) is 0 Å². The molecule has 3 N–H and O–H groups in total. The topological polar surface area (TPSA) is 86.9 Å². The van der Waals surface area contributed by atoms with Crippen molar-refractivity contribution in [1.82, 2.24) is 9.97 Å². The van der Waals surface area contributed by atoms with Gasteiger partial charge in [-0.25, -0.2) is 0 Å². The summed E-state index contributed by atoms with van der Waals surface area (Å²) < 4.78 is 39.0. The molecule has 190 valence electrons. The highest BCUT2D eigenvalue weighted by atomic mass is 35.5. The normalized spacial score (nSPS) is 11.3. The molecule has 0 fully saturated rings. The Hall–Kier alpha value is -4.11. The lowest BCUT2D eigenvalue weighted by Gasteiger charge is -2.19. The van der Waals surface area contributed by atoms with Crippen LogP contribution in [0.3, 0.4) is 0 Å². The first-order valence-corrected chi connectivity index (χ1v) is 11.5. The average molecular weight is 527 g/mol. The van der Waals surface area contributed by atoms with Crippen LogP contribution >= 0.6 is 11.6 Å². The SMILES string of the molecule is CNc1cc(C)cc(-c2cc[nH]c(=O)c2)c1-c1cc(Cl)c(C(=O)Nc2ccnc(C(F)(F)F)c2)cc1C. The number of amides is 1. The number of aromatic nitrogens is 2. The standard InChI is InChI=1S/C27H22ClF3N4O2/c1-14-8-19(16-4-6-34-24(36)11-16)25(22(9-14)32-3)18-13-21(28)20(10-15(18)2)26(37)35-17-5-7-33-23(12-17)27(29,30)31/h4-13,32H,1-3H3,(H,34,36)(H,33,35,37). The van der Waals surface area contributed by atoms with E-state index in [1.165, 1.54) is 12.1 Å². The van der Waals surface area contributed by atoms with Crippen molar-refractivity contribution in [1.29, 1.82) is 0 Å². The zero-order valence-electron chi connectivity index (χ0n) is 20.0. The molecule has 0 bridgehead atoms. The number of anilines is 2. The summed E-state index contributed by atoms with van der Waals surface area (Å²) in [7, 11) is 1.78. The number of alkyl halides is 3. The number of carbonyl (C=O) groups excluding carboxylic acids is 1. The molecule has 6 nitrogen and oxygen atoms in total. The highest BCUT2D eigenvalue weighted by molar-refractivity contribution is 6.35. The molecular weight excluding hydrogens is 505 g/mol. The summed E-state index contributed by atoms with van der Waals surface area (Å²) in [4.78, 5) is 30.9. The zero-order chi connectivity index (χ0) is 26.9.